The van der Waals surface area contributed by atoms with Crippen LogP contribution >= 0.6 is 0 Å². The summed E-state index contributed by atoms with van der Waals surface area (Å²) in [4.78, 5) is 24.1. The number of sulfonamides is 1. The molecule has 1 aromatic rings. The smallest absolute Gasteiger partial charge is 0.475 e. The third-order valence-corrected chi connectivity index (χ3v) is 7.94. The molecule has 0 unspecified atom stereocenters. The van der Waals surface area contributed by atoms with E-state index in [9.17, 15) is 26.4 Å². The molecule has 1 aliphatic heterocycles. The van der Waals surface area contributed by atoms with Crippen LogP contribution in [0.25, 0.3) is 0 Å². The second kappa shape index (κ2) is 13.2. The minimum Gasteiger partial charge on any atom is -0.475 e. The first kappa shape index (κ1) is 29.1. The first-order chi connectivity index (χ1) is 16.4. The lowest BCUT2D eigenvalue weighted by molar-refractivity contribution is -0.192. The molecular weight excluding hydrogens is 487 g/mol. The number of aryl methyl sites for hydroxylation is 1. The molecule has 1 aliphatic carbocycles. The number of carboxylic acids is 1. The van der Waals surface area contributed by atoms with Crippen LogP contribution in [0.1, 0.15) is 54.4 Å². The highest BCUT2D eigenvalue weighted by atomic mass is 32.2. The highest BCUT2D eigenvalue weighted by Crippen LogP contribution is 2.24. The number of aliphatic carboxylic acids is 1. The molecule has 1 heterocycles. The van der Waals surface area contributed by atoms with Crippen LogP contribution in [0.4, 0.5) is 13.2 Å². The number of carbonyl (C=O) groups is 2. The fourth-order valence-corrected chi connectivity index (χ4v) is 5.65. The second-order valence-electron chi connectivity index (χ2n) is 8.78. The lowest BCUT2D eigenvalue weighted by Crippen LogP contribution is -2.49. The molecule has 0 aromatic heterocycles. The number of hydrogen-bond acceptors (Lipinski definition) is 5. The van der Waals surface area contributed by atoms with E-state index in [2.05, 4.69) is 5.32 Å². The Morgan fingerprint density at radius 3 is 2.20 bits per heavy atom. The summed E-state index contributed by atoms with van der Waals surface area (Å²) in [5.74, 6) is -2.79. The maximum Gasteiger partial charge on any atom is 0.490 e. The number of rotatable bonds is 6. The summed E-state index contributed by atoms with van der Waals surface area (Å²) in [5.41, 5.74) is 1.70. The number of carbonyl (C=O) groups excluding carboxylic acids is 1. The molecule has 3 rings (SSSR count). The molecule has 1 amide bonds. The van der Waals surface area contributed by atoms with Crippen molar-refractivity contribution in [3.63, 3.8) is 0 Å². The Hall–Kier alpha value is -2.18. The van der Waals surface area contributed by atoms with Gasteiger partial charge in [-0.3, -0.25) is 4.79 Å². The fraction of sp³-hybridized carbons (Fsp3) is 0.652. The van der Waals surface area contributed by atoms with Gasteiger partial charge in [-0.25, -0.2) is 13.2 Å². The summed E-state index contributed by atoms with van der Waals surface area (Å²) < 4.78 is 58.9. The summed E-state index contributed by atoms with van der Waals surface area (Å²) in [6, 6.07) is 7.74. The van der Waals surface area contributed by atoms with Crippen LogP contribution in [0, 0.1) is 6.92 Å². The van der Waals surface area contributed by atoms with Crippen molar-refractivity contribution >= 4 is 21.9 Å². The first-order valence-corrected chi connectivity index (χ1v) is 13.4. The van der Waals surface area contributed by atoms with Gasteiger partial charge >= 0.3 is 12.1 Å². The topological polar surface area (TPSA) is 107 Å². The van der Waals surface area contributed by atoms with Crippen molar-refractivity contribution in [3.05, 3.63) is 35.4 Å². The van der Waals surface area contributed by atoms with Crippen molar-refractivity contribution in [2.24, 2.45) is 0 Å². The Morgan fingerprint density at radius 1 is 1.11 bits per heavy atom. The van der Waals surface area contributed by atoms with Crippen LogP contribution in [-0.4, -0.2) is 85.3 Å². The average molecular weight is 522 g/mol. The quantitative estimate of drug-likeness (QED) is 0.558. The molecule has 2 aliphatic rings. The highest BCUT2D eigenvalue weighted by Gasteiger charge is 2.38. The summed E-state index contributed by atoms with van der Waals surface area (Å²) >= 11 is 0. The van der Waals surface area contributed by atoms with Crippen molar-refractivity contribution in [1.29, 1.82) is 0 Å². The number of alkyl halides is 3. The largest absolute Gasteiger partial charge is 0.490 e. The molecule has 8 nitrogen and oxygen atoms in total. The van der Waals surface area contributed by atoms with Crippen molar-refractivity contribution in [1.82, 2.24) is 14.5 Å². The molecule has 2 fully saturated rings. The first-order valence-electron chi connectivity index (χ1n) is 11.8. The van der Waals surface area contributed by atoms with Crippen molar-refractivity contribution in [2.45, 2.75) is 57.7 Å². The van der Waals surface area contributed by atoms with Crippen LogP contribution in [0.2, 0.25) is 0 Å². The van der Waals surface area contributed by atoms with Crippen LogP contribution in [0.3, 0.4) is 0 Å². The van der Waals surface area contributed by atoms with E-state index in [4.69, 9.17) is 9.90 Å². The van der Waals surface area contributed by atoms with E-state index in [1.165, 1.54) is 12.8 Å². The Kier molecular flexibility index (Phi) is 11.0. The lowest BCUT2D eigenvalue weighted by atomic mass is 10.0. The third-order valence-electron chi connectivity index (χ3n) is 6.09. The number of nitrogens with zero attached hydrogens (tertiary/aromatic N) is 2. The van der Waals surface area contributed by atoms with Crippen molar-refractivity contribution in [3.8, 4) is 0 Å². The summed E-state index contributed by atoms with van der Waals surface area (Å²) in [7, 11) is -3.35. The summed E-state index contributed by atoms with van der Waals surface area (Å²) in [6.07, 6.45) is 1.44. The molecule has 35 heavy (non-hydrogen) atoms. The molecule has 0 spiro atoms. The third kappa shape index (κ3) is 9.42. The minimum absolute atomic E-state index is 0.00105. The molecule has 2 N–H and O–H groups in total. The molecule has 0 bridgehead atoms. The van der Waals surface area contributed by atoms with Gasteiger partial charge < -0.3 is 15.3 Å². The lowest BCUT2D eigenvalue weighted by Gasteiger charge is -2.33. The predicted octanol–water partition coefficient (Wildman–Crippen LogP) is 3.03. The van der Waals surface area contributed by atoms with Gasteiger partial charge in [-0.15, -0.1) is 0 Å². The maximum atomic E-state index is 13.3. The SMILES string of the molecule is Cc1cccc(C(=O)N(CCS(=O)(=O)N2CCNCC2)C2CCCCCC2)c1.O=C(O)C(F)(F)F. The zero-order chi connectivity index (χ0) is 26.1. The van der Waals surface area contributed by atoms with Crippen molar-refractivity contribution < 1.29 is 36.3 Å². The van der Waals surface area contributed by atoms with Gasteiger partial charge in [0.05, 0.1) is 5.75 Å². The molecule has 0 atom stereocenters. The molecular formula is C23H34F3N3O5S. The summed E-state index contributed by atoms with van der Waals surface area (Å²) in [6.45, 7) is 4.64. The zero-order valence-corrected chi connectivity index (χ0v) is 20.7. The van der Waals surface area contributed by atoms with E-state index in [0.29, 0.717) is 31.7 Å². The Labute approximate surface area is 204 Å². The number of benzene rings is 1. The van der Waals surface area contributed by atoms with Gasteiger partial charge in [0, 0.05) is 44.3 Å². The van der Waals surface area contributed by atoms with Gasteiger partial charge in [0.1, 0.15) is 0 Å². The van der Waals surface area contributed by atoms with Crippen LogP contribution in [-0.2, 0) is 14.8 Å². The van der Waals surface area contributed by atoms with Gasteiger partial charge in [0.15, 0.2) is 0 Å². The van der Waals surface area contributed by atoms with Crippen LogP contribution in [0.15, 0.2) is 24.3 Å². The Bertz CT molecular complexity index is 942. The van der Waals surface area contributed by atoms with E-state index >= 15 is 0 Å². The number of amides is 1. The van der Waals surface area contributed by atoms with E-state index in [1.807, 2.05) is 36.1 Å². The van der Waals surface area contributed by atoms with Gasteiger partial charge in [-0.05, 0) is 31.9 Å². The second-order valence-corrected chi connectivity index (χ2v) is 10.9. The van der Waals surface area contributed by atoms with Crippen molar-refractivity contribution in [2.75, 3.05) is 38.5 Å². The molecule has 12 heteroatoms. The Balaban J connectivity index is 0.000000540. The van der Waals surface area contributed by atoms with Gasteiger partial charge in [0.25, 0.3) is 5.91 Å². The Morgan fingerprint density at radius 2 is 1.69 bits per heavy atom. The standard InChI is InChI=1S/C21H33N3O3S.C2HF3O2/c1-18-7-6-8-19(17-18)21(25)24(20-9-4-2-3-5-10-20)15-16-28(26,27)23-13-11-22-12-14-23;3-2(4,5)1(6)7/h6-8,17,20,22H,2-5,9-16H2,1H3;(H,6,7). The minimum atomic E-state index is -5.08. The average Bonchev–Trinajstić information content (AvgIpc) is 3.09. The van der Waals surface area contributed by atoms with E-state index in [1.54, 1.807) is 4.31 Å². The van der Waals surface area contributed by atoms with E-state index in [0.717, 1.165) is 31.2 Å². The molecule has 1 saturated heterocycles. The number of piperazine rings is 1. The van der Waals surface area contributed by atoms with Crippen LogP contribution in [0.5, 0.6) is 0 Å². The zero-order valence-electron chi connectivity index (χ0n) is 19.9. The number of carboxylic acid groups (broad SMARTS) is 1. The molecule has 1 saturated carbocycles. The fourth-order valence-electron chi connectivity index (χ4n) is 4.23. The maximum absolute atomic E-state index is 13.3. The van der Waals surface area contributed by atoms with E-state index < -0.39 is 22.2 Å². The molecule has 0 radical (unpaired) electrons. The normalized spacial score (nSPS) is 18.2. The van der Waals surface area contributed by atoms with Gasteiger partial charge in [-0.2, -0.15) is 17.5 Å². The van der Waals surface area contributed by atoms with E-state index in [-0.39, 0.29) is 24.2 Å². The van der Waals surface area contributed by atoms with Gasteiger partial charge in [0.2, 0.25) is 10.0 Å². The number of halogens is 3. The molecule has 198 valence electrons. The monoisotopic (exact) mass is 521 g/mol. The van der Waals surface area contributed by atoms with Crippen LogP contribution < -0.4 is 5.32 Å². The summed E-state index contributed by atoms with van der Waals surface area (Å²) in [5, 5.41) is 10.3. The van der Waals surface area contributed by atoms with Gasteiger partial charge in [-0.1, -0.05) is 43.4 Å². The predicted molar refractivity (Wildman–Crippen MR) is 126 cm³/mol. The number of nitrogens with one attached hydrogen (secondary N) is 1. The molecule has 1 aromatic carbocycles. The number of hydrogen-bond donors (Lipinski definition) is 2. The highest BCUT2D eigenvalue weighted by molar-refractivity contribution is 7.89.